The molecule has 0 unspecified atom stereocenters. The summed E-state index contributed by atoms with van der Waals surface area (Å²) in [5, 5.41) is 7.09. The number of ether oxygens (including phenoxy) is 1. The fraction of sp³-hybridized carbons (Fsp3) is 0.273. The number of pyridine rings is 1. The molecule has 1 aliphatic rings. The SMILES string of the molecule is COc1cc(-c2csc3c(/C=C/CCN4CCC(N)CC4)cnc(N)c23)ccc1NC(=O)c1cc2ccccc2n1C. The number of thiophene rings is 1. The van der Waals surface area contributed by atoms with Gasteiger partial charge in [-0.15, -0.1) is 11.3 Å². The lowest BCUT2D eigenvalue weighted by molar-refractivity contribution is 0.101. The van der Waals surface area contributed by atoms with E-state index in [9.17, 15) is 4.79 Å². The van der Waals surface area contributed by atoms with Gasteiger partial charge in [-0.25, -0.2) is 4.98 Å². The number of anilines is 2. The van der Waals surface area contributed by atoms with E-state index in [2.05, 4.69) is 32.7 Å². The zero-order valence-corrected chi connectivity index (χ0v) is 24.8. The van der Waals surface area contributed by atoms with E-state index < -0.39 is 0 Å². The van der Waals surface area contributed by atoms with Gasteiger partial charge < -0.3 is 31.0 Å². The van der Waals surface area contributed by atoms with Crippen molar-refractivity contribution in [3.8, 4) is 16.9 Å². The molecule has 0 saturated carbocycles. The molecule has 8 nitrogen and oxygen atoms in total. The van der Waals surface area contributed by atoms with Crippen LogP contribution in [0.25, 0.3) is 38.2 Å². The number of likely N-dealkylation sites (tertiary alicyclic amines) is 1. The quantitative estimate of drug-likeness (QED) is 0.204. The fourth-order valence-electron chi connectivity index (χ4n) is 5.72. The lowest BCUT2D eigenvalue weighted by Crippen LogP contribution is -2.39. The van der Waals surface area contributed by atoms with Crippen LogP contribution in [0, 0.1) is 0 Å². The van der Waals surface area contributed by atoms with Crippen LogP contribution in [0.1, 0.15) is 35.3 Å². The Morgan fingerprint density at radius 2 is 2.00 bits per heavy atom. The van der Waals surface area contributed by atoms with Crippen molar-refractivity contribution in [2.75, 3.05) is 37.8 Å². The first kappa shape index (κ1) is 28.0. The standard InChI is InChI=1S/C33H36N6O2S/c1-38-27-9-4-3-7-22(27)17-28(38)33(40)37-26-11-10-21(18-29(26)41-2)25-20-42-31-23(19-36-32(35)30(25)31)8-5-6-14-39-15-12-24(34)13-16-39/h3-5,7-11,17-20,24H,6,12-16,34H2,1-2H3,(H2,35,36)(H,37,40)/b8-5+. The predicted octanol–water partition coefficient (Wildman–Crippen LogP) is 6.12. The van der Waals surface area contributed by atoms with E-state index in [-0.39, 0.29) is 5.91 Å². The van der Waals surface area contributed by atoms with E-state index in [0.717, 1.165) is 76.6 Å². The summed E-state index contributed by atoms with van der Waals surface area (Å²) < 4.78 is 8.71. The monoisotopic (exact) mass is 580 g/mol. The molecule has 216 valence electrons. The lowest BCUT2D eigenvalue weighted by atomic mass is 10.0. The molecule has 1 amide bonds. The number of methoxy groups -OCH3 is 1. The second-order valence-corrected chi connectivity index (χ2v) is 11.7. The van der Waals surface area contributed by atoms with Crippen molar-refractivity contribution in [3.05, 3.63) is 77.4 Å². The van der Waals surface area contributed by atoms with E-state index >= 15 is 0 Å². The van der Waals surface area contributed by atoms with Crippen molar-refractivity contribution in [2.24, 2.45) is 12.8 Å². The third kappa shape index (κ3) is 5.51. The van der Waals surface area contributed by atoms with Gasteiger partial charge in [0.2, 0.25) is 0 Å². The number of hydrogen-bond donors (Lipinski definition) is 3. The number of nitrogens with two attached hydrogens (primary N) is 2. The highest BCUT2D eigenvalue weighted by atomic mass is 32.1. The van der Waals surface area contributed by atoms with Crippen LogP contribution < -0.4 is 21.5 Å². The Kier molecular flexibility index (Phi) is 7.97. The molecule has 1 fully saturated rings. The van der Waals surface area contributed by atoms with Gasteiger partial charge in [0.05, 0.1) is 12.8 Å². The van der Waals surface area contributed by atoms with E-state index in [1.807, 2.05) is 66.3 Å². The smallest absolute Gasteiger partial charge is 0.272 e. The van der Waals surface area contributed by atoms with Gasteiger partial charge in [-0.1, -0.05) is 36.4 Å². The van der Waals surface area contributed by atoms with Crippen LogP contribution in [-0.2, 0) is 7.05 Å². The van der Waals surface area contributed by atoms with E-state index in [0.29, 0.717) is 29.0 Å². The van der Waals surface area contributed by atoms with E-state index in [4.69, 9.17) is 16.2 Å². The van der Waals surface area contributed by atoms with Crippen LogP contribution in [0.15, 0.2) is 66.2 Å². The number of aryl methyl sites for hydroxylation is 1. The highest BCUT2D eigenvalue weighted by molar-refractivity contribution is 7.18. The minimum Gasteiger partial charge on any atom is -0.495 e. The molecule has 5 N–H and O–H groups in total. The summed E-state index contributed by atoms with van der Waals surface area (Å²) in [5.41, 5.74) is 17.6. The maximum atomic E-state index is 13.2. The first-order valence-corrected chi connectivity index (χ1v) is 15.1. The number of nitrogen functional groups attached to an aromatic ring is 1. The molecular formula is C33H36N6O2S. The number of para-hydroxylation sites is 1. The summed E-state index contributed by atoms with van der Waals surface area (Å²) in [5.74, 6) is 0.866. The third-order valence-electron chi connectivity index (χ3n) is 8.14. The summed E-state index contributed by atoms with van der Waals surface area (Å²) in [7, 11) is 3.50. The van der Waals surface area contributed by atoms with Crippen LogP contribution >= 0.6 is 11.3 Å². The number of aromatic nitrogens is 2. The molecule has 1 saturated heterocycles. The largest absolute Gasteiger partial charge is 0.495 e. The summed E-state index contributed by atoms with van der Waals surface area (Å²) in [6.45, 7) is 3.19. The zero-order chi connectivity index (χ0) is 29.2. The van der Waals surface area contributed by atoms with Gasteiger partial charge >= 0.3 is 0 Å². The van der Waals surface area contributed by atoms with Crippen molar-refractivity contribution in [2.45, 2.75) is 25.3 Å². The predicted molar refractivity (Wildman–Crippen MR) is 174 cm³/mol. The van der Waals surface area contributed by atoms with Crippen LogP contribution in [-0.4, -0.2) is 53.1 Å². The number of benzene rings is 2. The average molecular weight is 581 g/mol. The first-order chi connectivity index (χ1) is 20.4. The number of hydrogen-bond acceptors (Lipinski definition) is 7. The minimum absolute atomic E-state index is 0.200. The average Bonchev–Trinajstić information content (AvgIpc) is 3.60. The summed E-state index contributed by atoms with van der Waals surface area (Å²) in [6.07, 6.45) is 9.34. The first-order valence-electron chi connectivity index (χ1n) is 14.3. The molecule has 0 spiro atoms. The fourth-order valence-corrected chi connectivity index (χ4v) is 6.80. The third-order valence-corrected chi connectivity index (χ3v) is 9.17. The molecule has 3 aromatic heterocycles. The Morgan fingerprint density at radius 3 is 2.79 bits per heavy atom. The van der Waals surface area contributed by atoms with Crippen molar-refractivity contribution in [1.29, 1.82) is 0 Å². The van der Waals surface area contributed by atoms with E-state index in [1.54, 1.807) is 18.4 Å². The summed E-state index contributed by atoms with van der Waals surface area (Å²) in [4.78, 5) is 20.2. The van der Waals surface area contributed by atoms with Gasteiger partial charge in [0.15, 0.2) is 0 Å². The lowest BCUT2D eigenvalue weighted by Gasteiger charge is -2.29. The molecule has 42 heavy (non-hydrogen) atoms. The van der Waals surface area contributed by atoms with Crippen LogP contribution in [0.4, 0.5) is 11.5 Å². The molecule has 0 bridgehead atoms. The number of piperidine rings is 1. The second-order valence-electron chi connectivity index (χ2n) is 10.8. The highest BCUT2D eigenvalue weighted by Gasteiger charge is 2.18. The van der Waals surface area contributed by atoms with Gasteiger partial charge in [-0.2, -0.15) is 0 Å². The molecule has 1 aliphatic heterocycles. The van der Waals surface area contributed by atoms with Gasteiger partial charge in [0.1, 0.15) is 17.3 Å². The Labute approximate surface area is 249 Å². The Bertz CT molecular complexity index is 1780. The van der Waals surface area contributed by atoms with Gasteiger partial charge in [0, 0.05) is 57.9 Å². The molecule has 6 rings (SSSR count). The Hall–Kier alpha value is -4.18. The molecule has 9 heteroatoms. The van der Waals surface area contributed by atoms with Crippen LogP contribution in [0.5, 0.6) is 5.75 Å². The minimum atomic E-state index is -0.200. The molecule has 2 aromatic carbocycles. The zero-order valence-electron chi connectivity index (χ0n) is 24.0. The Morgan fingerprint density at radius 1 is 1.19 bits per heavy atom. The summed E-state index contributed by atoms with van der Waals surface area (Å²) in [6, 6.07) is 16.0. The molecule has 0 atom stereocenters. The normalized spacial score (nSPS) is 14.7. The molecule has 0 radical (unpaired) electrons. The number of rotatable bonds is 8. The van der Waals surface area contributed by atoms with Crippen molar-refractivity contribution >= 4 is 55.8 Å². The van der Waals surface area contributed by atoms with Crippen molar-refractivity contribution < 1.29 is 9.53 Å². The highest BCUT2D eigenvalue weighted by Crippen LogP contribution is 2.41. The number of nitrogens with one attached hydrogen (secondary N) is 1. The van der Waals surface area contributed by atoms with Gasteiger partial charge in [-0.3, -0.25) is 4.79 Å². The van der Waals surface area contributed by atoms with Crippen molar-refractivity contribution in [3.63, 3.8) is 0 Å². The molecule has 0 aliphatic carbocycles. The number of amides is 1. The Balaban J connectivity index is 1.22. The number of nitrogens with zero attached hydrogens (tertiary/aromatic N) is 3. The number of carbonyl (C=O) groups is 1. The molecule has 5 aromatic rings. The molecular weight excluding hydrogens is 544 g/mol. The maximum absolute atomic E-state index is 13.2. The maximum Gasteiger partial charge on any atom is 0.272 e. The van der Waals surface area contributed by atoms with Crippen molar-refractivity contribution in [1.82, 2.24) is 14.5 Å². The van der Waals surface area contributed by atoms with E-state index in [1.165, 1.54) is 0 Å². The van der Waals surface area contributed by atoms with Crippen LogP contribution in [0.2, 0.25) is 0 Å². The topological polar surface area (TPSA) is 111 Å². The second kappa shape index (κ2) is 12.0. The van der Waals surface area contributed by atoms with Gasteiger partial charge in [0.25, 0.3) is 5.91 Å². The summed E-state index contributed by atoms with van der Waals surface area (Å²) >= 11 is 1.66. The number of fused-ring (bicyclic) bond motifs is 2. The van der Waals surface area contributed by atoms with Gasteiger partial charge in [-0.05, 0) is 67.6 Å². The molecule has 4 heterocycles. The van der Waals surface area contributed by atoms with Crippen LogP contribution in [0.3, 0.4) is 0 Å². The number of carbonyl (C=O) groups excluding carboxylic acids is 1.